The van der Waals surface area contributed by atoms with Crippen molar-refractivity contribution < 1.29 is 14.5 Å². The largest absolute Gasteiger partial charge is 0.479 e. The first-order valence-corrected chi connectivity index (χ1v) is 8.48. The molecule has 0 spiro atoms. The molecule has 0 aliphatic heterocycles. The zero-order valence-corrected chi connectivity index (χ0v) is 15.0. The van der Waals surface area contributed by atoms with E-state index in [2.05, 4.69) is 6.07 Å². The summed E-state index contributed by atoms with van der Waals surface area (Å²) in [5, 5.41) is 20.4. The van der Waals surface area contributed by atoms with Crippen molar-refractivity contribution in [2.75, 3.05) is 7.05 Å². The molecular formula is C17H20ClN3O4. The van der Waals surface area contributed by atoms with Gasteiger partial charge in [-0.25, -0.2) is 0 Å². The van der Waals surface area contributed by atoms with Crippen molar-refractivity contribution in [2.45, 2.75) is 50.7 Å². The predicted octanol–water partition coefficient (Wildman–Crippen LogP) is 3.70. The molecule has 25 heavy (non-hydrogen) atoms. The van der Waals surface area contributed by atoms with Crippen molar-refractivity contribution in [3.8, 4) is 11.8 Å². The third-order valence-electron chi connectivity index (χ3n) is 4.64. The molecule has 0 N–H and O–H groups in total. The Labute approximate surface area is 151 Å². The van der Waals surface area contributed by atoms with E-state index >= 15 is 0 Å². The molecule has 134 valence electrons. The summed E-state index contributed by atoms with van der Waals surface area (Å²) in [6.45, 7) is 1.57. The summed E-state index contributed by atoms with van der Waals surface area (Å²) in [5.41, 5.74) is -0.953. The summed E-state index contributed by atoms with van der Waals surface area (Å²) in [7, 11) is 1.62. The number of carbonyl (C=O) groups is 1. The molecule has 0 aromatic heterocycles. The highest BCUT2D eigenvalue weighted by molar-refractivity contribution is 6.32. The van der Waals surface area contributed by atoms with Crippen molar-refractivity contribution in [1.82, 2.24) is 4.90 Å². The number of likely N-dealkylation sites (N-methyl/N-ethyl adjacent to an activating group) is 1. The standard InChI is InChI=1S/C17H20ClN3O4/c1-12(25-15-7-6-13(21(23)24)10-14(15)18)16(22)20(2)17(11-19)8-4-3-5-9-17/h6-7,10,12H,3-5,8-9H2,1-2H3/t12-/m1/s1. The van der Waals surface area contributed by atoms with Gasteiger partial charge < -0.3 is 9.64 Å². The maximum absolute atomic E-state index is 12.7. The normalized spacial score (nSPS) is 17.2. The molecule has 8 heteroatoms. The van der Waals surface area contributed by atoms with Crippen molar-refractivity contribution in [3.05, 3.63) is 33.3 Å². The van der Waals surface area contributed by atoms with Gasteiger partial charge in [-0.15, -0.1) is 0 Å². The van der Waals surface area contributed by atoms with E-state index in [1.807, 2.05) is 0 Å². The second-order valence-electron chi connectivity index (χ2n) is 6.23. The Morgan fingerprint density at radius 1 is 1.44 bits per heavy atom. The minimum atomic E-state index is -0.865. The molecule has 0 heterocycles. The second kappa shape index (κ2) is 7.70. The van der Waals surface area contributed by atoms with E-state index in [1.54, 1.807) is 14.0 Å². The topological polar surface area (TPSA) is 96.5 Å². The molecule has 2 rings (SSSR count). The van der Waals surface area contributed by atoms with Gasteiger partial charge in [0, 0.05) is 19.2 Å². The molecule has 0 saturated heterocycles. The molecule has 1 aliphatic carbocycles. The smallest absolute Gasteiger partial charge is 0.271 e. The van der Waals surface area contributed by atoms with Gasteiger partial charge in [-0.2, -0.15) is 5.26 Å². The Kier molecular flexibility index (Phi) is 5.85. The maximum atomic E-state index is 12.7. The second-order valence-corrected chi connectivity index (χ2v) is 6.64. The van der Waals surface area contributed by atoms with Gasteiger partial charge in [0.1, 0.15) is 11.3 Å². The molecule has 1 aromatic carbocycles. The lowest BCUT2D eigenvalue weighted by atomic mass is 9.81. The monoisotopic (exact) mass is 365 g/mol. The number of nitro groups is 1. The van der Waals surface area contributed by atoms with Crippen LogP contribution >= 0.6 is 11.6 Å². The fourth-order valence-corrected chi connectivity index (χ4v) is 3.30. The predicted molar refractivity (Wildman–Crippen MR) is 92.4 cm³/mol. The van der Waals surface area contributed by atoms with Crippen molar-refractivity contribution in [3.63, 3.8) is 0 Å². The van der Waals surface area contributed by atoms with E-state index in [0.29, 0.717) is 12.8 Å². The van der Waals surface area contributed by atoms with Crippen molar-refractivity contribution >= 4 is 23.2 Å². The lowest BCUT2D eigenvalue weighted by Crippen LogP contribution is -2.53. The molecule has 0 bridgehead atoms. The first kappa shape index (κ1) is 19.0. The number of rotatable bonds is 5. The minimum absolute atomic E-state index is 0.0594. The molecule has 1 aliphatic rings. The lowest BCUT2D eigenvalue weighted by molar-refractivity contribution is -0.384. The highest BCUT2D eigenvalue weighted by Gasteiger charge is 2.40. The number of non-ortho nitro benzene ring substituents is 1. The number of benzene rings is 1. The van der Waals surface area contributed by atoms with Crippen LogP contribution in [0.3, 0.4) is 0 Å². The van der Waals surface area contributed by atoms with Gasteiger partial charge in [-0.3, -0.25) is 14.9 Å². The SMILES string of the molecule is C[C@@H](Oc1ccc([N+](=O)[O-])cc1Cl)C(=O)N(C)C1(C#N)CCCCC1. The minimum Gasteiger partial charge on any atom is -0.479 e. The van der Waals surface area contributed by atoms with Gasteiger partial charge in [0.25, 0.3) is 11.6 Å². The van der Waals surface area contributed by atoms with Gasteiger partial charge in [0.05, 0.1) is 16.0 Å². The zero-order chi connectivity index (χ0) is 18.6. The Morgan fingerprint density at radius 2 is 2.08 bits per heavy atom. The first-order chi connectivity index (χ1) is 11.8. The van der Waals surface area contributed by atoms with E-state index in [9.17, 15) is 20.2 Å². The Morgan fingerprint density at radius 3 is 2.60 bits per heavy atom. The fraction of sp³-hybridized carbons (Fsp3) is 0.529. The van der Waals surface area contributed by atoms with Crippen LogP contribution in [0.2, 0.25) is 5.02 Å². The van der Waals surface area contributed by atoms with E-state index in [-0.39, 0.29) is 22.4 Å². The van der Waals surface area contributed by atoms with Gasteiger partial charge in [0.15, 0.2) is 6.10 Å². The van der Waals surface area contributed by atoms with Crippen LogP contribution in [0.25, 0.3) is 0 Å². The highest BCUT2D eigenvalue weighted by Crippen LogP contribution is 2.34. The molecule has 0 unspecified atom stereocenters. The van der Waals surface area contributed by atoms with Crippen LogP contribution < -0.4 is 4.74 Å². The van der Waals surface area contributed by atoms with E-state index in [4.69, 9.17) is 16.3 Å². The zero-order valence-electron chi connectivity index (χ0n) is 14.2. The van der Waals surface area contributed by atoms with Gasteiger partial charge in [0.2, 0.25) is 0 Å². The van der Waals surface area contributed by atoms with Gasteiger partial charge in [-0.1, -0.05) is 30.9 Å². The van der Waals surface area contributed by atoms with Crippen LogP contribution in [0.4, 0.5) is 5.69 Å². The average Bonchev–Trinajstić information content (AvgIpc) is 2.62. The van der Waals surface area contributed by atoms with Crippen LogP contribution in [0, 0.1) is 21.4 Å². The lowest BCUT2D eigenvalue weighted by Gasteiger charge is -2.40. The Bertz CT molecular complexity index is 710. The molecule has 1 aromatic rings. The average molecular weight is 366 g/mol. The molecular weight excluding hydrogens is 346 g/mol. The molecule has 1 fully saturated rings. The first-order valence-electron chi connectivity index (χ1n) is 8.10. The molecule has 0 radical (unpaired) electrons. The summed E-state index contributed by atoms with van der Waals surface area (Å²) < 4.78 is 5.59. The van der Waals surface area contributed by atoms with Crippen LogP contribution in [-0.4, -0.2) is 34.4 Å². The summed E-state index contributed by atoms with van der Waals surface area (Å²) in [4.78, 5) is 24.3. The molecule has 1 saturated carbocycles. The van der Waals surface area contributed by atoms with Gasteiger partial charge in [-0.05, 0) is 25.8 Å². The third kappa shape index (κ3) is 4.02. The van der Waals surface area contributed by atoms with Crippen molar-refractivity contribution in [1.29, 1.82) is 5.26 Å². The number of nitriles is 1. The Balaban J connectivity index is 2.12. The fourth-order valence-electron chi connectivity index (χ4n) is 3.08. The van der Waals surface area contributed by atoms with E-state index in [1.165, 1.54) is 23.1 Å². The third-order valence-corrected chi connectivity index (χ3v) is 4.93. The summed E-state index contributed by atoms with van der Waals surface area (Å²) in [5.74, 6) is -0.131. The quantitative estimate of drug-likeness (QED) is 0.585. The van der Waals surface area contributed by atoms with E-state index in [0.717, 1.165) is 19.3 Å². The Hall–Kier alpha value is -2.33. The van der Waals surface area contributed by atoms with Crippen LogP contribution in [-0.2, 0) is 4.79 Å². The highest BCUT2D eigenvalue weighted by atomic mass is 35.5. The molecule has 7 nitrogen and oxygen atoms in total. The number of hydrogen-bond donors (Lipinski definition) is 0. The van der Waals surface area contributed by atoms with E-state index < -0.39 is 16.6 Å². The van der Waals surface area contributed by atoms with Crippen LogP contribution in [0.15, 0.2) is 18.2 Å². The number of nitro benzene ring substituents is 1. The molecule has 1 amide bonds. The number of amides is 1. The number of hydrogen-bond acceptors (Lipinski definition) is 5. The molecule has 1 atom stereocenters. The summed E-state index contributed by atoms with van der Waals surface area (Å²) in [6, 6.07) is 6.10. The summed E-state index contributed by atoms with van der Waals surface area (Å²) in [6.07, 6.45) is 3.32. The van der Waals surface area contributed by atoms with Crippen LogP contribution in [0.5, 0.6) is 5.75 Å². The van der Waals surface area contributed by atoms with Gasteiger partial charge >= 0.3 is 0 Å². The van der Waals surface area contributed by atoms with Crippen molar-refractivity contribution in [2.24, 2.45) is 0 Å². The number of nitrogens with zero attached hydrogens (tertiary/aromatic N) is 3. The number of carbonyl (C=O) groups excluding carboxylic acids is 1. The maximum Gasteiger partial charge on any atom is 0.271 e. The number of halogens is 1. The van der Waals surface area contributed by atoms with Crippen LogP contribution in [0.1, 0.15) is 39.0 Å². The summed E-state index contributed by atoms with van der Waals surface area (Å²) >= 11 is 6.00. The number of ether oxygens (including phenoxy) is 1.